The third kappa shape index (κ3) is 3.31. The van der Waals surface area contributed by atoms with Gasteiger partial charge < -0.3 is 14.4 Å². The topological polar surface area (TPSA) is 38.8 Å². The number of carbonyl (C=O) groups excluding carboxylic acids is 1. The number of nitrogens with zero attached hydrogens (tertiary/aromatic N) is 1. The van der Waals surface area contributed by atoms with Gasteiger partial charge in [-0.15, -0.1) is 0 Å². The number of fused-ring (bicyclic) bond motifs is 1. The van der Waals surface area contributed by atoms with E-state index < -0.39 is 0 Å². The van der Waals surface area contributed by atoms with Gasteiger partial charge in [0, 0.05) is 25.1 Å². The molecule has 2 heterocycles. The summed E-state index contributed by atoms with van der Waals surface area (Å²) >= 11 is 0. The third-order valence-electron chi connectivity index (χ3n) is 4.30. The van der Waals surface area contributed by atoms with Gasteiger partial charge >= 0.3 is 0 Å². The van der Waals surface area contributed by atoms with E-state index in [1.807, 2.05) is 23.1 Å². The van der Waals surface area contributed by atoms with Crippen LogP contribution >= 0.6 is 0 Å². The highest BCUT2D eigenvalue weighted by Crippen LogP contribution is 2.31. The van der Waals surface area contributed by atoms with E-state index in [9.17, 15) is 4.79 Å². The van der Waals surface area contributed by atoms with Crippen molar-refractivity contribution < 1.29 is 14.3 Å². The van der Waals surface area contributed by atoms with Crippen LogP contribution in [0.1, 0.15) is 43.0 Å². The molecule has 2 aliphatic heterocycles. The lowest BCUT2D eigenvalue weighted by molar-refractivity contribution is 0.0760. The first kappa shape index (κ1) is 14.2. The summed E-state index contributed by atoms with van der Waals surface area (Å²) in [6.07, 6.45) is 4.28. The Kier molecular flexibility index (Phi) is 4.32. The number of amides is 1. The molecule has 1 saturated heterocycles. The summed E-state index contributed by atoms with van der Waals surface area (Å²) < 4.78 is 11.3. The first-order valence-corrected chi connectivity index (χ1v) is 7.93. The predicted octanol–water partition coefficient (Wildman–Crippen LogP) is 3.11. The van der Waals surface area contributed by atoms with E-state index >= 15 is 0 Å². The van der Waals surface area contributed by atoms with Gasteiger partial charge in [0.15, 0.2) is 11.5 Å². The van der Waals surface area contributed by atoms with Gasteiger partial charge in [-0.2, -0.15) is 0 Å². The standard InChI is InChI=1S/C17H23NO3/c1-13-4-2-8-18(9-7-13)17(19)14-5-6-15-16(12-14)21-11-3-10-20-15/h5-6,12-13H,2-4,7-11H2,1H3/t13-/m1/s1. The van der Waals surface area contributed by atoms with Crippen LogP contribution in [-0.2, 0) is 0 Å². The van der Waals surface area contributed by atoms with Crippen LogP contribution in [0.5, 0.6) is 11.5 Å². The second kappa shape index (κ2) is 6.37. The Hall–Kier alpha value is -1.71. The summed E-state index contributed by atoms with van der Waals surface area (Å²) in [5, 5.41) is 0. The molecule has 4 nitrogen and oxygen atoms in total. The van der Waals surface area contributed by atoms with E-state index in [-0.39, 0.29) is 5.91 Å². The molecule has 0 spiro atoms. The van der Waals surface area contributed by atoms with Crippen molar-refractivity contribution in [2.24, 2.45) is 5.92 Å². The van der Waals surface area contributed by atoms with Crippen molar-refractivity contribution in [2.75, 3.05) is 26.3 Å². The van der Waals surface area contributed by atoms with Gasteiger partial charge in [-0.3, -0.25) is 4.79 Å². The molecule has 114 valence electrons. The molecule has 1 aromatic carbocycles. The molecule has 2 aliphatic rings. The van der Waals surface area contributed by atoms with E-state index in [0.717, 1.165) is 38.1 Å². The van der Waals surface area contributed by atoms with Crippen LogP contribution in [0.4, 0.5) is 0 Å². The summed E-state index contributed by atoms with van der Waals surface area (Å²) in [7, 11) is 0. The van der Waals surface area contributed by atoms with Gasteiger partial charge in [0.05, 0.1) is 13.2 Å². The molecular formula is C17H23NO3. The Labute approximate surface area is 126 Å². The number of carbonyl (C=O) groups is 1. The van der Waals surface area contributed by atoms with Crippen LogP contribution in [0.2, 0.25) is 0 Å². The maximum absolute atomic E-state index is 12.7. The fourth-order valence-electron chi connectivity index (χ4n) is 2.94. The Morgan fingerprint density at radius 1 is 1.10 bits per heavy atom. The molecule has 0 aromatic heterocycles. The summed E-state index contributed by atoms with van der Waals surface area (Å²) in [6, 6.07) is 5.54. The number of benzene rings is 1. The van der Waals surface area contributed by atoms with Gasteiger partial charge in [-0.05, 0) is 43.4 Å². The van der Waals surface area contributed by atoms with Gasteiger partial charge in [0.2, 0.25) is 0 Å². The number of ether oxygens (including phenoxy) is 2. The van der Waals surface area contributed by atoms with Crippen molar-refractivity contribution in [3.05, 3.63) is 23.8 Å². The third-order valence-corrected chi connectivity index (χ3v) is 4.30. The van der Waals surface area contributed by atoms with E-state index in [1.165, 1.54) is 6.42 Å². The second-order valence-electron chi connectivity index (χ2n) is 6.04. The Morgan fingerprint density at radius 2 is 1.90 bits per heavy atom. The second-order valence-corrected chi connectivity index (χ2v) is 6.04. The van der Waals surface area contributed by atoms with Crippen molar-refractivity contribution in [1.82, 2.24) is 4.90 Å². The minimum atomic E-state index is 0.111. The molecule has 0 unspecified atom stereocenters. The van der Waals surface area contributed by atoms with Crippen molar-refractivity contribution in [3.8, 4) is 11.5 Å². The molecule has 1 amide bonds. The van der Waals surface area contributed by atoms with Crippen LogP contribution in [-0.4, -0.2) is 37.1 Å². The summed E-state index contributed by atoms with van der Waals surface area (Å²) in [4.78, 5) is 14.6. The number of hydrogen-bond donors (Lipinski definition) is 0. The highest BCUT2D eigenvalue weighted by atomic mass is 16.5. The van der Waals surface area contributed by atoms with Gasteiger partial charge in [0.1, 0.15) is 0 Å². The summed E-state index contributed by atoms with van der Waals surface area (Å²) in [6.45, 7) is 5.30. The summed E-state index contributed by atoms with van der Waals surface area (Å²) in [5.74, 6) is 2.27. The van der Waals surface area contributed by atoms with Crippen molar-refractivity contribution in [2.45, 2.75) is 32.6 Å². The molecule has 1 atom stereocenters. The quantitative estimate of drug-likeness (QED) is 0.797. The van der Waals surface area contributed by atoms with Crippen molar-refractivity contribution in [3.63, 3.8) is 0 Å². The lowest BCUT2D eigenvalue weighted by Crippen LogP contribution is -2.32. The molecule has 1 aromatic rings. The zero-order valence-corrected chi connectivity index (χ0v) is 12.6. The first-order chi connectivity index (χ1) is 10.2. The highest BCUT2D eigenvalue weighted by Gasteiger charge is 2.21. The van der Waals surface area contributed by atoms with Gasteiger partial charge in [-0.1, -0.05) is 6.92 Å². The normalized spacial score (nSPS) is 22.3. The van der Waals surface area contributed by atoms with E-state index in [1.54, 1.807) is 0 Å². The van der Waals surface area contributed by atoms with E-state index in [0.29, 0.717) is 30.4 Å². The molecule has 1 fully saturated rings. The molecule has 4 heteroatoms. The van der Waals surface area contributed by atoms with Crippen LogP contribution in [0.25, 0.3) is 0 Å². The number of likely N-dealkylation sites (tertiary alicyclic amines) is 1. The van der Waals surface area contributed by atoms with Crippen LogP contribution < -0.4 is 9.47 Å². The molecule has 0 aliphatic carbocycles. The number of rotatable bonds is 1. The average Bonchev–Trinajstić information content (AvgIpc) is 2.85. The Bertz CT molecular complexity index is 515. The molecule has 0 radical (unpaired) electrons. The molecular weight excluding hydrogens is 266 g/mol. The molecule has 0 saturated carbocycles. The fourth-order valence-corrected chi connectivity index (χ4v) is 2.94. The van der Waals surface area contributed by atoms with Crippen LogP contribution in [0.15, 0.2) is 18.2 Å². The highest BCUT2D eigenvalue weighted by molar-refractivity contribution is 5.95. The maximum Gasteiger partial charge on any atom is 0.253 e. The minimum absolute atomic E-state index is 0.111. The van der Waals surface area contributed by atoms with E-state index in [2.05, 4.69) is 6.92 Å². The molecule has 3 rings (SSSR count). The van der Waals surface area contributed by atoms with Gasteiger partial charge in [0.25, 0.3) is 5.91 Å². The molecule has 0 N–H and O–H groups in total. The Morgan fingerprint density at radius 3 is 2.76 bits per heavy atom. The van der Waals surface area contributed by atoms with Crippen molar-refractivity contribution >= 4 is 5.91 Å². The van der Waals surface area contributed by atoms with Gasteiger partial charge in [-0.25, -0.2) is 0 Å². The zero-order chi connectivity index (χ0) is 14.7. The lowest BCUT2D eigenvalue weighted by Gasteiger charge is -2.21. The van der Waals surface area contributed by atoms with Crippen LogP contribution in [0.3, 0.4) is 0 Å². The zero-order valence-electron chi connectivity index (χ0n) is 12.6. The smallest absolute Gasteiger partial charge is 0.253 e. The first-order valence-electron chi connectivity index (χ1n) is 7.93. The monoisotopic (exact) mass is 289 g/mol. The molecule has 21 heavy (non-hydrogen) atoms. The fraction of sp³-hybridized carbons (Fsp3) is 0.588. The SMILES string of the molecule is C[C@@H]1CCCN(C(=O)c2ccc3c(c2)OCCCO3)CC1. The van der Waals surface area contributed by atoms with Crippen molar-refractivity contribution in [1.29, 1.82) is 0 Å². The minimum Gasteiger partial charge on any atom is -0.490 e. The summed E-state index contributed by atoms with van der Waals surface area (Å²) in [5.41, 5.74) is 0.703. The van der Waals surface area contributed by atoms with Crippen LogP contribution in [0, 0.1) is 5.92 Å². The predicted molar refractivity (Wildman–Crippen MR) is 81.0 cm³/mol. The Balaban J connectivity index is 1.76. The maximum atomic E-state index is 12.7. The lowest BCUT2D eigenvalue weighted by atomic mass is 10.0. The largest absolute Gasteiger partial charge is 0.490 e. The molecule has 0 bridgehead atoms. The average molecular weight is 289 g/mol. The van der Waals surface area contributed by atoms with E-state index in [4.69, 9.17) is 9.47 Å². The number of hydrogen-bond acceptors (Lipinski definition) is 3.